The molecule has 2 saturated carbocycles. The molecule has 27 heavy (non-hydrogen) atoms. The van der Waals surface area contributed by atoms with Crippen molar-refractivity contribution >= 4 is 5.91 Å². The molecule has 3 fully saturated rings. The van der Waals surface area contributed by atoms with E-state index in [-0.39, 0.29) is 11.3 Å². The van der Waals surface area contributed by atoms with E-state index in [1.165, 1.54) is 56.9 Å². The average molecular weight is 370 g/mol. The number of rotatable bonds is 6. The van der Waals surface area contributed by atoms with Crippen molar-refractivity contribution in [3.05, 3.63) is 35.9 Å². The molecule has 4 nitrogen and oxygen atoms in total. The summed E-state index contributed by atoms with van der Waals surface area (Å²) in [7, 11) is 0. The molecular formula is C23H35N3O. The van der Waals surface area contributed by atoms with E-state index in [2.05, 4.69) is 45.4 Å². The minimum Gasteiger partial charge on any atom is -0.354 e. The van der Waals surface area contributed by atoms with Gasteiger partial charge in [0.15, 0.2) is 0 Å². The maximum atomic E-state index is 12.6. The third kappa shape index (κ3) is 4.55. The molecule has 4 rings (SSSR count). The van der Waals surface area contributed by atoms with E-state index in [9.17, 15) is 4.79 Å². The van der Waals surface area contributed by atoms with Gasteiger partial charge in [-0.3, -0.25) is 14.6 Å². The van der Waals surface area contributed by atoms with Gasteiger partial charge in [-0.25, -0.2) is 0 Å². The van der Waals surface area contributed by atoms with Crippen LogP contribution < -0.4 is 5.32 Å². The van der Waals surface area contributed by atoms with Crippen LogP contribution in [-0.4, -0.2) is 61.0 Å². The lowest BCUT2D eigenvalue weighted by atomic mass is 9.79. The van der Waals surface area contributed by atoms with Gasteiger partial charge in [0.1, 0.15) is 0 Å². The molecule has 1 N–H and O–H groups in total. The van der Waals surface area contributed by atoms with E-state index in [4.69, 9.17) is 0 Å². The second-order valence-electron chi connectivity index (χ2n) is 8.88. The van der Waals surface area contributed by atoms with Crippen molar-refractivity contribution in [3.63, 3.8) is 0 Å². The van der Waals surface area contributed by atoms with Crippen molar-refractivity contribution in [2.24, 2.45) is 0 Å². The van der Waals surface area contributed by atoms with Crippen LogP contribution in [-0.2, 0) is 10.2 Å². The predicted octanol–water partition coefficient (Wildman–Crippen LogP) is 3.17. The summed E-state index contributed by atoms with van der Waals surface area (Å²) in [6, 6.07) is 11.6. The number of nitrogens with one attached hydrogen (secondary N) is 1. The second kappa shape index (κ2) is 8.74. The number of benzene rings is 1. The van der Waals surface area contributed by atoms with Gasteiger partial charge in [0.2, 0.25) is 5.91 Å². The Hall–Kier alpha value is -1.39. The molecule has 0 unspecified atom stereocenters. The highest BCUT2D eigenvalue weighted by Gasteiger charge is 2.36. The zero-order chi connectivity index (χ0) is 18.5. The fraction of sp³-hybridized carbons (Fsp3) is 0.696. The lowest BCUT2D eigenvalue weighted by Gasteiger charge is -2.38. The van der Waals surface area contributed by atoms with Crippen LogP contribution in [0.15, 0.2) is 30.3 Å². The molecule has 3 aliphatic rings. The van der Waals surface area contributed by atoms with Crippen molar-refractivity contribution in [2.75, 3.05) is 39.3 Å². The number of carbonyl (C=O) groups excluding carboxylic acids is 1. The Morgan fingerprint density at radius 3 is 2.30 bits per heavy atom. The Bertz CT molecular complexity index is 597. The Morgan fingerprint density at radius 1 is 0.963 bits per heavy atom. The molecule has 4 heteroatoms. The van der Waals surface area contributed by atoms with Crippen molar-refractivity contribution in [1.29, 1.82) is 0 Å². The van der Waals surface area contributed by atoms with Gasteiger partial charge < -0.3 is 5.32 Å². The standard InChI is InChI=1S/C23H35N3O/c27-22(18-25-14-16-26(17-15-25)21-10-4-5-11-21)24-19-23(12-6-7-13-23)20-8-2-1-3-9-20/h1-3,8-9,21H,4-7,10-19H2,(H,24,27). The third-order valence-electron chi connectivity index (χ3n) is 7.19. The van der Waals surface area contributed by atoms with Gasteiger partial charge in [0.25, 0.3) is 0 Å². The van der Waals surface area contributed by atoms with Gasteiger partial charge in [-0.15, -0.1) is 0 Å². The van der Waals surface area contributed by atoms with E-state index in [1.807, 2.05) is 0 Å². The van der Waals surface area contributed by atoms with Gasteiger partial charge in [0, 0.05) is 44.2 Å². The highest BCUT2D eigenvalue weighted by molar-refractivity contribution is 5.78. The van der Waals surface area contributed by atoms with Crippen LogP contribution in [0.1, 0.15) is 56.9 Å². The SMILES string of the molecule is O=C(CN1CCN(C2CCCC2)CC1)NCC1(c2ccccc2)CCCC1. The number of hydrogen-bond donors (Lipinski definition) is 1. The van der Waals surface area contributed by atoms with Gasteiger partial charge in [-0.1, -0.05) is 56.0 Å². The molecule has 0 aromatic heterocycles. The molecule has 1 aromatic rings. The first-order valence-electron chi connectivity index (χ1n) is 11.0. The lowest BCUT2D eigenvalue weighted by Crippen LogP contribution is -2.52. The summed E-state index contributed by atoms with van der Waals surface area (Å²) in [4.78, 5) is 17.6. The van der Waals surface area contributed by atoms with Crippen LogP contribution in [0.25, 0.3) is 0 Å². The first kappa shape index (κ1) is 18.9. The number of nitrogens with zero attached hydrogens (tertiary/aromatic N) is 2. The van der Waals surface area contributed by atoms with Crippen LogP contribution in [0.4, 0.5) is 0 Å². The van der Waals surface area contributed by atoms with Gasteiger partial charge in [-0.2, -0.15) is 0 Å². The minimum atomic E-state index is 0.151. The van der Waals surface area contributed by atoms with Crippen LogP contribution >= 0.6 is 0 Å². The number of amides is 1. The number of hydrogen-bond acceptors (Lipinski definition) is 3. The molecule has 1 saturated heterocycles. The zero-order valence-corrected chi connectivity index (χ0v) is 16.7. The number of carbonyl (C=O) groups is 1. The van der Waals surface area contributed by atoms with Crippen LogP contribution in [0.2, 0.25) is 0 Å². The minimum absolute atomic E-state index is 0.151. The van der Waals surface area contributed by atoms with E-state index in [1.54, 1.807) is 0 Å². The zero-order valence-electron chi connectivity index (χ0n) is 16.7. The van der Waals surface area contributed by atoms with Gasteiger partial charge in [-0.05, 0) is 31.2 Å². The van der Waals surface area contributed by atoms with Gasteiger partial charge in [0.05, 0.1) is 6.54 Å². The Kier molecular flexibility index (Phi) is 6.14. The monoisotopic (exact) mass is 369 g/mol. The molecule has 1 aromatic carbocycles. The van der Waals surface area contributed by atoms with E-state index < -0.39 is 0 Å². The molecule has 1 heterocycles. The molecule has 0 spiro atoms. The highest BCUT2D eigenvalue weighted by Crippen LogP contribution is 2.40. The summed E-state index contributed by atoms with van der Waals surface area (Å²) in [5, 5.41) is 3.28. The highest BCUT2D eigenvalue weighted by atomic mass is 16.2. The van der Waals surface area contributed by atoms with E-state index in [0.717, 1.165) is 38.8 Å². The fourth-order valence-electron chi connectivity index (χ4n) is 5.49. The Balaban J connectivity index is 1.25. The normalized spacial score (nSPS) is 24.3. The molecule has 1 aliphatic heterocycles. The molecule has 148 valence electrons. The summed E-state index contributed by atoms with van der Waals surface area (Å²) >= 11 is 0. The fourth-order valence-corrected chi connectivity index (χ4v) is 5.49. The summed E-state index contributed by atoms with van der Waals surface area (Å²) in [6.45, 7) is 5.68. The molecular weight excluding hydrogens is 334 g/mol. The summed E-state index contributed by atoms with van der Waals surface area (Å²) in [5.74, 6) is 0.200. The molecule has 1 amide bonds. The van der Waals surface area contributed by atoms with E-state index >= 15 is 0 Å². The first-order valence-corrected chi connectivity index (χ1v) is 11.0. The van der Waals surface area contributed by atoms with Gasteiger partial charge >= 0.3 is 0 Å². The van der Waals surface area contributed by atoms with E-state index in [0.29, 0.717) is 6.54 Å². The van der Waals surface area contributed by atoms with Crippen LogP contribution in [0.5, 0.6) is 0 Å². The largest absolute Gasteiger partial charge is 0.354 e. The van der Waals surface area contributed by atoms with Crippen LogP contribution in [0, 0.1) is 0 Å². The topological polar surface area (TPSA) is 35.6 Å². The quantitative estimate of drug-likeness (QED) is 0.837. The lowest BCUT2D eigenvalue weighted by molar-refractivity contribution is -0.123. The van der Waals surface area contributed by atoms with Crippen molar-refractivity contribution in [1.82, 2.24) is 15.1 Å². The summed E-state index contributed by atoms with van der Waals surface area (Å²) in [6.07, 6.45) is 10.5. The first-order chi connectivity index (χ1) is 13.3. The maximum absolute atomic E-state index is 12.6. The molecule has 0 radical (unpaired) electrons. The summed E-state index contributed by atoms with van der Waals surface area (Å²) in [5.41, 5.74) is 1.55. The van der Waals surface area contributed by atoms with Crippen molar-refractivity contribution in [3.8, 4) is 0 Å². The van der Waals surface area contributed by atoms with Crippen LogP contribution in [0.3, 0.4) is 0 Å². The molecule has 0 bridgehead atoms. The maximum Gasteiger partial charge on any atom is 0.234 e. The Labute approximate surface area is 164 Å². The molecule has 0 atom stereocenters. The predicted molar refractivity (Wildman–Crippen MR) is 110 cm³/mol. The third-order valence-corrected chi connectivity index (χ3v) is 7.19. The molecule has 2 aliphatic carbocycles. The number of piperazine rings is 1. The average Bonchev–Trinajstić information content (AvgIpc) is 3.41. The van der Waals surface area contributed by atoms with Crippen molar-refractivity contribution in [2.45, 2.75) is 62.8 Å². The second-order valence-corrected chi connectivity index (χ2v) is 8.88. The Morgan fingerprint density at radius 2 is 1.63 bits per heavy atom. The van der Waals surface area contributed by atoms with Crippen molar-refractivity contribution < 1.29 is 4.79 Å². The smallest absolute Gasteiger partial charge is 0.234 e. The summed E-state index contributed by atoms with van der Waals surface area (Å²) < 4.78 is 0.